The number of carbonyl (C=O) groups is 3. The first kappa shape index (κ1) is 19.2. The standard InChI is InChI=1S/C17H22N2O5/c1-12(2)15(20)24-10-9-19(17(18)22)11-14(16(21)23-3)13-7-5-4-6-8-13/h4-8,14H,1,9-11H2,2-3H3,(H2,18,22)/t14-/m1/s1. The lowest BCUT2D eigenvalue weighted by Gasteiger charge is -2.25. The number of urea groups is 1. The molecule has 0 radical (unpaired) electrons. The Hall–Kier alpha value is -2.83. The van der Waals surface area contributed by atoms with Crippen LogP contribution in [0.15, 0.2) is 42.5 Å². The third kappa shape index (κ3) is 5.75. The van der Waals surface area contributed by atoms with E-state index in [-0.39, 0.29) is 25.3 Å². The maximum atomic E-state index is 12.0. The summed E-state index contributed by atoms with van der Waals surface area (Å²) in [4.78, 5) is 36.3. The number of nitrogens with zero attached hydrogens (tertiary/aromatic N) is 1. The lowest BCUT2D eigenvalue weighted by atomic mass is 9.98. The SMILES string of the molecule is C=C(C)C(=O)OCCN(C[C@@H](C(=O)OC)c1ccccc1)C(N)=O. The van der Waals surface area contributed by atoms with E-state index in [1.807, 2.05) is 6.07 Å². The number of primary amides is 1. The van der Waals surface area contributed by atoms with Crippen molar-refractivity contribution < 1.29 is 23.9 Å². The van der Waals surface area contributed by atoms with Gasteiger partial charge in [-0.1, -0.05) is 36.9 Å². The molecule has 0 aliphatic rings. The van der Waals surface area contributed by atoms with Gasteiger partial charge in [0.25, 0.3) is 0 Å². The Bertz CT molecular complexity index is 600. The number of esters is 2. The van der Waals surface area contributed by atoms with Crippen LogP contribution in [0.3, 0.4) is 0 Å². The van der Waals surface area contributed by atoms with Crippen LogP contribution in [0, 0.1) is 0 Å². The second kappa shape index (κ2) is 9.34. The minimum atomic E-state index is -0.716. The van der Waals surface area contributed by atoms with Gasteiger partial charge >= 0.3 is 18.0 Å². The third-order valence-corrected chi connectivity index (χ3v) is 3.35. The van der Waals surface area contributed by atoms with Crippen LogP contribution in [0.2, 0.25) is 0 Å². The van der Waals surface area contributed by atoms with Gasteiger partial charge in [0.2, 0.25) is 0 Å². The summed E-state index contributed by atoms with van der Waals surface area (Å²) in [6, 6.07) is 8.21. The van der Waals surface area contributed by atoms with Crippen molar-refractivity contribution in [2.75, 3.05) is 26.8 Å². The largest absolute Gasteiger partial charge is 0.468 e. The molecule has 0 aliphatic heterocycles. The highest BCUT2D eigenvalue weighted by Crippen LogP contribution is 2.18. The Morgan fingerprint density at radius 3 is 2.38 bits per heavy atom. The average Bonchev–Trinajstić information content (AvgIpc) is 2.57. The Morgan fingerprint density at radius 1 is 1.25 bits per heavy atom. The van der Waals surface area contributed by atoms with Crippen molar-refractivity contribution in [2.45, 2.75) is 12.8 Å². The van der Waals surface area contributed by atoms with E-state index in [4.69, 9.17) is 15.2 Å². The quantitative estimate of drug-likeness (QED) is 0.573. The lowest BCUT2D eigenvalue weighted by Crippen LogP contribution is -2.42. The first-order valence-corrected chi connectivity index (χ1v) is 7.36. The summed E-state index contributed by atoms with van der Waals surface area (Å²) in [6.07, 6.45) is 0. The van der Waals surface area contributed by atoms with Crippen molar-refractivity contribution in [3.05, 3.63) is 48.0 Å². The van der Waals surface area contributed by atoms with Crippen LogP contribution in [0.4, 0.5) is 4.79 Å². The maximum Gasteiger partial charge on any atom is 0.333 e. The fraction of sp³-hybridized carbons (Fsp3) is 0.353. The molecular formula is C17H22N2O5. The fourth-order valence-corrected chi connectivity index (χ4v) is 2.03. The summed E-state index contributed by atoms with van der Waals surface area (Å²) in [7, 11) is 1.28. The molecule has 0 unspecified atom stereocenters. The van der Waals surface area contributed by atoms with Gasteiger partial charge in [0.1, 0.15) is 6.61 Å². The van der Waals surface area contributed by atoms with E-state index < -0.39 is 23.9 Å². The Labute approximate surface area is 141 Å². The number of rotatable bonds is 8. The van der Waals surface area contributed by atoms with Gasteiger partial charge in [0, 0.05) is 12.1 Å². The number of hydrogen-bond acceptors (Lipinski definition) is 5. The van der Waals surface area contributed by atoms with Gasteiger partial charge in [-0.15, -0.1) is 0 Å². The van der Waals surface area contributed by atoms with Crippen LogP contribution >= 0.6 is 0 Å². The molecule has 1 aromatic rings. The molecule has 0 heterocycles. The molecule has 0 fully saturated rings. The van der Waals surface area contributed by atoms with E-state index in [9.17, 15) is 14.4 Å². The van der Waals surface area contributed by atoms with Gasteiger partial charge in [-0.25, -0.2) is 9.59 Å². The molecule has 7 heteroatoms. The van der Waals surface area contributed by atoms with E-state index in [1.165, 1.54) is 18.9 Å². The van der Waals surface area contributed by atoms with Gasteiger partial charge in [-0.05, 0) is 12.5 Å². The van der Waals surface area contributed by atoms with Crippen molar-refractivity contribution in [3.8, 4) is 0 Å². The summed E-state index contributed by atoms with van der Waals surface area (Å²) < 4.78 is 9.76. The molecule has 0 saturated carbocycles. The van der Waals surface area contributed by atoms with Crippen LogP contribution in [0.1, 0.15) is 18.4 Å². The molecule has 2 N–H and O–H groups in total. The second-order valence-electron chi connectivity index (χ2n) is 5.19. The molecule has 0 aromatic heterocycles. The molecule has 1 rings (SSSR count). The zero-order chi connectivity index (χ0) is 18.1. The van der Waals surface area contributed by atoms with Crippen LogP contribution in [-0.2, 0) is 19.1 Å². The molecule has 0 saturated heterocycles. The molecule has 1 atom stereocenters. The van der Waals surface area contributed by atoms with E-state index in [2.05, 4.69) is 6.58 Å². The Kier molecular flexibility index (Phi) is 7.48. The van der Waals surface area contributed by atoms with Crippen LogP contribution < -0.4 is 5.73 Å². The van der Waals surface area contributed by atoms with Gasteiger partial charge in [-0.2, -0.15) is 0 Å². The molecule has 0 bridgehead atoms. The molecule has 24 heavy (non-hydrogen) atoms. The third-order valence-electron chi connectivity index (χ3n) is 3.35. The number of benzene rings is 1. The van der Waals surface area contributed by atoms with E-state index in [0.717, 1.165) is 0 Å². The normalized spacial score (nSPS) is 11.2. The smallest absolute Gasteiger partial charge is 0.333 e. The topological polar surface area (TPSA) is 98.9 Å². The van der Waals surface area contributed by atoms with Crippen LogP contribution in [0.25, 0.3) is 0 Å². The van der Waals surface area contributed by atoms with Crippen LogP contribution in [-0.4, -0.2) is 49.7 Å². The Balaban J connectivity index is 2.79. The minimum Gasteiger partial charge on any atom is -0.468 e. The summed E-state index contributed by atoms with van der Waals surface area (Å²) >= 11 is 0. The van der Waals surface area contributed by atoms with Crippen molar-refractivity contribution in [3.63, 3.8) is 0 Å². The van der Waals surface area contributed by atoms with Gasteiger partial charge < -0.3 is 20.1 Å². The molecule has 130 valence electrons. The zero-order valence-electron chi connectivity index (χ0n) is 13.9. The first-order valence-electron chi connectivity index (χ1n) is 7.36. The van der Waals surface area contributed by atoms with Crippen molar-refractivity contribution in [2.24, 2.45) is 5.73 Å². The highest BCUT2D eigenvalue weighted by atomic mass is 16.5. The van der Waals surface area contributed by atoms with Crippen LogP contribution in [0.5, 0.6) is 0 Å². The molecule has 0 spiro atoms. The highest BCUT2D eigenvalue weighted by Gasteiger charge is 2.26. The maximum absolute atomic E-state index is 12.0. The van der Waals surface area contributed by atoms with Gasteiger partial charge in [0.05, 0.1) is 19.6 Å². The summed E-state index contributed by atoms with van der Waals surface area (Å²) in [6.45, 7) is 5.04. The molecule has 1 aromatic carbocycles. The van der Waals surface area contributed by atoms with E-state index in [0.29, 0.717) is 5.56 Å². The molecule has 7 nitrogen and oxygen atoms in total. The fourth-order valence-electron chi connectivity index (χ4n) is 2.03. The average molecular weight is 334 g/mol. The predicted molar refractivity (Wildman–Crippen MR) is 88.1 cm³/mol. The summed E-state index contributed by atoms with van der Waals surface area (Å²) in [5.41, 5.74) is 6.32. The summed E-state index contributed by atoms with van der Waals surface area (Å²) in [5, 5.41) is 0. The monoisotopic (exact) mass is 334 g/mol. The van der Waals surface area contributed by atoms with E-state index >= 15 is 0 Å². The lowest BCUT2D eigenvalue weighted by molar-refractivity contribution is -0.143. The summed E-state index contributed by atoms with van der Waals surface area (Å²) in [5.74, 6) is -1.71. The minimum absolute atomic E-state index is 0.0244. The number of nitrogens with two attached hydrogens (primary N) is 1. The van der Waals surface area contributed by atoms with E-state index in [1.54, 1.807) is 24.3 Å². The number of methoxy groups -OCH3 is 1. The first-order chi connectivity index (χ1) is 11.4. The van der Waals surface area contributed by atoms with Gasteiger partial charge in [-0.3, -0.25) is 4.79 Å². The highest BCUT2D eigenvalue weighted by molar-refractivity contribution is 5.87. The van der Waals surface area contributed by atoms with Gasteiger partial charge in [0.15, 0.2) is 0 Å². The van der Waals surface area contributed by atoms with Crippen molar-refractivity contribution >= 4 is 18.0 Å². The molecular weight excluding hydrogens is 312 g/mol. The number of amides is 2. The van der Waals surface area contributed by atoms with Crippen molar-refractivity contribution in [1.82, 2.24) is 4.90 Å². The number of carbonyl (C=O) groups excluding carboxylic acids is 3. The predicted octanol–water partition coefficient (Wildman–Crippen LogP) is 1.44. The van der Waals surface area contributed by atoms with Crippen molar-refractivity contribution in [1.29, 1.82) is 0 Å². The number of ether oxygens (including phenoxy) is 2. The Morgan fingerprint density at radius 2 is 1.88 bits per heavy atom. The molecule has 0 aliphatic carbocycles. The second-order valence-corrected chi connectivity index (χ2v) is 5.19. The number of hydrogen-bond donors (Lipinski definition) is 1. The molecule has 2 amide bonds. The zero-order valence-corrected chi connectivity index (χ0v) is 13.9.